The fourth-order valence-corrected chi connectivity index (χ4v) is 2.96. The van der Waals surface area contributed by atoms with Gasteiger partial charge in [-0.25, -0.2) is 4.79 Å². The Morgan fingerprint density at radius 2 is 1.75 bits per heavy atom. The summed E-state index contributed by atoms with van der Waals surface area (Å²) < 4.78 is 8.73. The molecule has 1 N–H and O–H groups in total. The summed E-state index contributed by atoms with van der Waals surface area (Å²) in [4.78, 5) is 14.3. The van der Waals surface area contributed by atoms with Crippen molar-refractivity contribution in [1.82, 2.24) is 19.4 Å². The molecule has 0 radical (unpaired) electrons. The Kier molecular flexibility index (Phi) is 8.26. The molecule has 2 aromatic rings. The number of benzene rings is 1. The number of halogens is 2. The van der Waals surface area contributed by atoms with E-state index < -0.39 is 0 Å². The Balaban J connectivity index is 0.00000144. The van der Waals surface area contributed by atoms with E-state index >= 15 is 0 Å². The van der Waals surface area contributed by atoms with Gasteiger partial charge in [0.15, 0.2) is 0 Å². The molecule has 1 aromatic heterocycles. The molecule has 1 aliphatic heterocycles. The molecule has 0 spiro atoms. The summed E-state index contributed by atoms with van der Waals surface area (Å²) in [5.74, 6) is 0. The normalized spacial score (nSPS) is 15.1. The molecule has 1 fully saturated rings. The fourth-order valence-electron chi connectivity index (χ4n) is 2.96. The van der Waals surface area contributed by atoms with E-state index in [1.807, 2.05) is 20.2 Å². The van der Waals surface area contributed by atoms with Gasteiger partial charge in [-0.2, -0.15) is 0 Å². The van der Waals surface area contributed by atoms with Crippen molar-refractivity contribution >= 4 is 11.0 Å². The summed E-state index contributed by atoms with van der Waals surface area (Å²) in [6.07, 6.45) is 0. The summed E-state index contributed by atoms with van der Waals surface area (Å²) in [7, 11) is 3.63. The number of rotatable bonds is 5. The van der Waals surface area contributed by atoms with E-state index in [1.54, 1.807) is 9.13 Å². The lowest BCUT2D eigenvalue weighted by Gasteiger charge is -2.26. The molecule has 24 heavy (non-hydrogen) atoms. The monoisotopic (exact) mass is 374 g/mol. The summed E-state index contributed by atoms with van der Waals surface area (Å²) in [5, 5.41) is 3.48. The number of imidazole rings is 1. The predicted octanol–water partition coefficient (Wildman–Crippen LogP) is -5.69. The number of nitrogens with one attached hydrogen (secondary N) is 1. The highest BCUT2D eigenvalue weighted by molar-refractivity contribution is 5.76. The number of hydrogen-bond donors (Lipinski definition) is 1. The minimum absolute atomic E-state index is 0. The van der Waals surface area contributed by atoms with Crippen LogP contribution in [0.4, 0.5) is 0 Å². The van der Waals surface area contributed by atoms with Gasteiger partial charge >= 0.3 is 5.69 Å². The van der Waals surface area contributed by atoms with Gasteiger partial charge in [0.1, 0.15) is 0 Å². The number of aryl methyl sites for hydroxylation is 2. The zero-order valence-corrected chi connectivity index (χ0v) is 15.6. The summed E-state index contributed by atoms with van der Waals surface area (Å²) in [6.45, 7) is 6.58. The molecule has 0 amide bonds. The summed E-state index contributed by atoms with van der Waals surface area (Å²) in [5.41, 5.74) is 3.19. The van der Waals surface area contributed by atoms with Crippen LogP contribution in [-0.2, 0) is 25.4 Å². The third kappa shape index (κ3) is 4.52. The fraction of sp³-hybridized carbons (Fsp3) is 0.562. The van der Waals surface area contributed by atoms with Crippen LogP contribution >= 0.6 is 0 Å². The maximum absolute atomic E-state index is 11.9. The van der Waals surface area contributed by atoms with E-state index in [9.17, 15) is 4.79 Å². The minimum Gasteiger partial charge on any atom is -1.00 e. The van der Waals surface area contributed by atoms with Gasteiger partial charge in [-0.15, -0.1) is 0 Å². The van der Waals surface area contributed by atoms with Crippen molar-refractivity contribution in [2.24, 2.45) is 14.1 Å². The molecule has 3 rings (SSSR count). The lowest BCUT2D eigenvalue weighted by molar-refractivity contribution is -0.001000. The van der Waals surface area contributed by atoms with Gasteiger partial charge in [0.2, 0.25) is 0 Å². The van der Waals surface area contributed by atoms with Crippen molar-refractivity contribution in [2.45, 2.75) is 6.54 Å². The number of fused-ring (bicyclic) bond motifs is 1. The van der Waals surface area contributed by atoms with Crippen LogP contribution in [0.1, 0.15) is 5.56 Å². The Labute approximate surface area is 154 Å². The van der Waals surface area contributed by atoms with Crippen LogP contribution < -0.4 is 35.8 Å². The van der Waals surface area contributed by atoms with Crippen LogP contribution in [0.25, 0.3) is 11.0 Å². The number of hydrogen-bond acceptors (Lipinski definition) is 4. The lowest BCUT2D eigenvalue weighted by atomic mass is 10.2. The van der Waals surface area contributed by atoms with Crippen molar-refractivity contribution in [3.63, 3.8) is 0 Å². The predicted molar refractivity (Wildman–Crippen MR) is 87.1 cm³/mol. The summed E-state index contributed by atoms with van der Waals surface area (Å²) >= 11 is 0. The van der Waals surface area contributed by atoms with Crippen LogP contribution in [0.3, 0.4) is 0 Å². The maximum Gasteiger partial charge on any atom is 0.328 e. The average molecular weight is 375 g/mol. The second-order valence-electron chi connectivity index (χ2n) is 5.85. The van der Waals surface area contributed by atoms with Crippen LogP contribution in [0, 0.1) is 0 Å². The number of ether oxygens (including phenoxy) is 1. The summed E-state index contributed by atoms with van der Waals surface area (Å²) in [6, 6.07) is 6.21. The van der Waals surface area contributed by atoms with Gasteiger partial charge < -0.3 is 34.9 Å². The molecule has 2 heterocycles. The lowest BCUT2D eigenvalue weighted by Crippen LogP contribution is -3.00. The Morgan fingerprint density at radius 1 is 1.08 bits per heavy atom. The topological polar surface area (TPSA) is 51.4 Å². The molecular formula is C16H24Cl2N4O2-2. The van der Waals surface area contributed by atoms with Crippen LogP contribution in [0.15, 0.2) is 23.0 Å². The molecular weight excluding hydrogens is 351 g/mol. The highest BCUT2D eigenvalue weighted by Crippen LogP contribution is 2.13. The maximum atomic E-state index is 11.9. The zero-order chi connectivity index (χ0) is 15.5. The first-order valence-corrected chi connectivity index (χ1v) is 7.82. The Hall–Kier alpha value is -1.05. The molecule has 1 aliphatic rings. The van der Waals surface area contributed by atoms with E-state index in [2.05, 4.69) is 22.3 Å². The second-order valence-corrected chi connectivity index (χ2v) is 5.85. The molecule has 1 aromatic carbocycles. The number of morpholine rings is 1. The first-order chi connectivity index (χ1) is 10.7. The molecule has 136 valence electrons. The minimum atomic E-state index is 0. The third-order valence-corrected chi connectivity index (χ3v) is 4.37. The van der Waals surface area contributed by atoms with Gasteiger partial charge in [0.25, 0.3) is 0 Å². The molecule has 1 saturated heterocycles. The second kappa shape index (κ2) is 9.44. The number of nitrogens with zero attached hydrogens (tertiary/aromatic N) is 3. The van der Waals surface area contributed by atoms with Gasteiger partial charge in [0.05, 0.1) is 24.2 Å². The molecule has 0 bridgehead atoms. The molecule has 0 atom stereocenters. The number of aromatic nitrogens is 2. The van der Waals surface area contributed by atoms with Gasteiger partial charge in [0, 0.05) is 46.8 Å². The largest absolute Gasteiger partial charge is 1.00 e. The van der Waals surface area contributed by atoms with Crippen molar-refractivity contribution in [3.05, 3.63) is 34.2 Å². The van der Waals surface area contributed by atoms with E-state index in [-0.39, 0.29) is 30.5 Å². The highest BCUT2D eigenvalue weighted by Gasteiger charge is 2.10. The van der Waals surface area contributed by atoms with Gasteiger partial charge in [-0.1, -0.05) is 6.07 Å². The van der Waals surface area contributed by atoms with Crippen molar-refractivity contribution in [3.8, 4) is 0 Å². The van der Waals surface area contributed by atoms with Crippen molar-refractivity contribution in [2.75, 3.05) is 39.4 Å². The van der Waals surface area contributed by atoms with Crippen LogP contribution in [0.2, 0.25) is 0 Å². The van der Waals surface area contributed by atoms with Gasteiger partial charge in [-0.05, 0) is 17.7 Å². The average Bonchev–Trinajstić information content (AvgIpc) is 2.77. The van der Waals surface area contributed by atoms with Crippen LogP contribution in [-0.4, -0.2) is 53.4 Å². The third-order valence-electron chi connectivity index (χ3n) is 4.37. The van der Waals surface area contributed by atoms with E-state index in [0.29, 0.717) is 0 Å². The molecule has 6 nitrogen and oxygen atoms in total. The smallest absolute Gasteiger partial charge is 0.328 e. The first-order valence-electron chi connectivity index (χ1n) is 7.82. The molecule has 0 unspecified atom stereocenters. The quantitative estimate of drug-likeness (QED) is 0.530. The molecule has 8 heteroatoms. The zero-order valence-electron chi connectivity index (χ0n) is 14.1. The highest BCUT2D eigenvalue weighted by atomic mass is 35.5. The standard InChI is InChI=1S/C16H24N4O2.2ClH/c1-18-14-4-3-13(11-15(14)19(2)16(18)21)12-17-5-6-20-7-9-22-10-8-20;;/h3-4,11,17H,5-10,12H2,1-2H3;2*1H/p-2. The first kappa shape index (κ1) is 21.0. The van der Waals surface area contributed by atoms with E-state index in [1.165, 1.54) is 5.56 Å². The Bertz CT molecular complexity index is 708. The SMILES string of the molecule is Cn1c(=O)n(C)c2cc(CNCCN3CCOCC3)ccc21.[Cl-].[Cl-]. The molecule has 0 saturated carbocycles. The van der Waals surface area contributed by atoms with E-state index in [4.69, 9.17) is 4.74 Å². The van der Waals surface area contributed by atoms with Gasteiger partial charge in [-0.3, -0.25) is 14.0 Å². The Morgan fingerprint density at radius 3 is 2.46 bits per heavy atom. The van der Waals surface area contributed by atoms with Crippen LogP contribution in [0.5, 0.6) is 0 Å². The van der Waals surface area contributed by atoms with Crippen molar-refractivity contribution < 1.29 is 29.6 Å². The van der Waals surface area contributed by atoms with Crippen molar-refractivity contribution in [1.29, 1.82) is 0 Å². The van der Waals surface area contributed by atoms with E-state index in [0.717, 1.165) is 57.0 Å². The molecule has 0 aliphatic carbocycles.